The molecule has 23 nitrogen and oxygen atoms in total. The van der Waals surface area contributed by atoms with Crippen LogP contribution in [0.25, 0.3) is 0 Å². The Morgan fingerprint density at radius 1 is 0.383 bits per heavy atom. The molecule has 0 aliphatic rings. The number of ketones is 3. The molecule has 0 aromatic heterocycles. The lowest BCUT2D eigenvalue weighted by Crippen LogP contribution is -2.22. The van der Waals surface area contributed by atoms with Gasteiger partial charge >= 0.3 is 17.9 Å². The van der Waals surface area contributed by atoms with E-state index in [9.17, 15) is 28.8 Å². The minimum Gasteiger partial charge on any atom is -0.494 e. The molecule has 8 aromatic carbocycles. The average Bonchev–Trinajstić information content (AvgIpc) is 1.57. The van der Waals surface area contributed by atoms with Gasteiger partial charge in [0.05, 0.1) is 70.1 Å². The van der Waals surface area contributed by atoms with Gasteiger partial charge in [-0.15, -0.1) is 0 Å². The van der Waals surface area contributed by atoms with Crippen molar-refractivity contribution in [1.29, 1.82) is 0 Å². The van der Waals surface area contributed by atoms with E-state index in [-0.39, 0.29) is 54.6 Å². The molecule has 0 saturated heterocycles. The number of aliphatic hydroxyl groups is 2. The Balaban J connectivity index is 0. The molecule has 94 heavy (non-hydrogen) atoms. The fourth-order valence-electron chi connectivity index (χ4n) is 6.27. The molecule has 0 aliphatic carbocycles. The van der Waals surface area contributed by atoms with Crippen molar-refractivity contribution in [3.05, 3.63) is 228 Å². The lowest BCUT2D eigenvalue weighted by Gasteiger charge is -2.04. The SMILES string of the molecule is CC(=O)c1ccc(N)cc1.CC(=O)c1cccc(N)c1.CC(=O)c1ccccc1N.CC(N)CO.CCC(N)CO.CCOc1cccc(N)c1.CCOc1ccccc1N.COC(=O)c1ccc(N)cc1.COC(=O)c1cccc(N)c1.COC(=O)c1ccccc1N. The molecule has 0 fully saturated rings. The van der Waals surface area contributed by atoms with Crippen LogP contribution in [0.4, 0.5) is 45.5 Å². The number of hydrogen-bond acceptors (Lipinski definition) is 23. The van der Waals surface area contributed by atoms with Crippen LogP contribution in [0.5, 0.6) is 11.5 Å². The van der Waals surface area contributed by atoms with E-state index in [1.807, 2.05) is 75.4 Å². The van der Waals surface area contributed by atoms with Crippen molar-refractivity contribution in [3.8, 4) is 11.5 Å². The Morgan fingerprint density at radius 2 is 0.766 bits per heavy atom. The number of nitrogens with two attached hydrogens (primary N) is 10. The summed E-state index contributed by atoms with van der Waals surface area (Å²) in [5.41, 5.74) is 62.4. The number of anilines is 8. The summed E-state index contributed by atoms with van der Waals surface area (Å²) in [6.07, 6.45) is 0.858. The number of Topliss-reactive ketones (excluding diaryl/α,β-unsaturated/α-hetero) is 3. The first-order valence-electron chi connectivity index (χ1n) is 29.2. The van der Waals surface area contributed by atoms with Crippen molar-refractivity contribution >= 4 is 80.8 Å². The van der Waals surface area contributed by atoms with E-state index in [4.69, 9.17) is 77.0 Å². The number of carbonyl (C=O) groups excluding carboxylic acids is 6. The van der Waals surface area contributed by atoms with Gasteiger partial charge in [-0.05, 0) is 175 Å². The third kappa shape index (κ3) is 39.9. The van der Waals surface area contributed by atoms with Gasteiger partial charge < -0.3 is 91.2 Å². The van der Waals surface area contributed by atoms with Crippen LogP contribution in [-0.2, 0) is 14.2 Å². The van der Waals surface area contributed by atoms with Crippen molar-refractivity contribution in [1.82, 2.24) is 0 Å². The van der Waals surface area contributed by atoms with Crippen molar-refractivity contribution in [2.75, 3.05) is 93.6 Å². The maximum Gasteiger partial charge on any atom is 0.339 e. The molecule has 0 saturated carbocycles. The number of ether oxygens (including phenoxy) is 5. The van der Waals surface area contributed by atoms with E-state index in [1.165, 1.54) is 42.1 Å². The molecule has 8 rings (SSSR count). The van der Waals surface area contributed by atoms with Gasteiger partial charge in [0.15, 0.2) is 17.3 Å². The normalized spacial score (nSPS) is 9.89. The van der Waals surface area contributed by atoms with Crippen LogP contribution in [0.1, 0.15) is 117 Å². The summed E-state index contributed by atoms with van der Waals surface area (Å²) >= 11 is 0. The maximum atomic E-state index is 10.9. The van der Waals surface area contributed by atoms with Crippen molar-refractivity contribution < 1.29 is 62.7 Å². The van der Waals surface area contributed by atoms with Crippen LogP contribution in [0, 0.1) is 0 Å². The van der Waals surface area contributed by atoms with E-state index >= 15 is 0 Å². The van der Waals surface area contributed by atoms with Gasteiger partial charge in [0.1, 0.15) is 11.5 Å². The molecule has 23 heteroatoms. The Bertz CT molecular complexity index is 3440. The van der Waals surface area contributed by atoms with E-state index in [2.05, 4.69) is 14.2 Å². The van der Waals surface area contributed by atoms with E-state index < -0.39 is 5.97 Å². The number of para-hydroxylation sites is 4. The monoisotopic (exact) mass is 1300 g/mol. The number of nitrogen functional groups attached to an aromatic ring is 8. The molecule has 2 atom stereocenters. The summed E-state index contributed by atoms with van der Waals surface area (Å²) in [5, 5.41) is 16.2. The largest absolute Gasteiger partial charge is 0.494 e. The van der Waals surface area contributed by atoms with E-state index in [1.54, 1.807) is 146 Å². The Kier molecular flexibility index (Phi) is 45.9. The zero-order chi connectivity index (χ0) is 71.6. The van der Waals surface area contributed by atoms with Crippen LogP contribution < -0.4 is 66.8 Å². The highest BCUT2D eigenvalue weighted by atomic mass is 16.5. The molecular weight excluding hydrogens is 1200 g/mol. The predicted octanol–water partition coefficient (Wildman–Crippen LogP) is 9.96. The van der Waals surface area contributed by atoms with Crippen LogP contribution in [0.2, 0.25) is 0 Å². The first-order chi connectivity index (χ1) is 44.6. The number of esters is 3. The molecule has 22 N–H and O–H groups in total. The average molecular weight is 1300 g/mol. The molecule has 0 aliphatic heterocycles. The zero-order valence-corrected chi connectivity index (χ0v) is 55.3. The van der Waals surface area contributed by atoms with Gasteiger partial charge in [-0.1, -0.05) is 67.6 Å². The van der Waals surface area contributed by atoms with Gasteiger partial charge in [-0.3, -0.25) is 14.4 Å². The summed E-state index contributed by atoms with van der Waals surface area (Å²) in [7, 11) is 4.01. The fraction of sp³-hybridized carbons (Fsp3) is 0.239. The molecule has 0 spiro atoms. The molecule has 2 unspecified atom stereocenters. The van der Waals surface area contributed by atoms with Crippen LogP contribution >= 0.6 is 0 Å². The highest BCUT2D eigenvalue weighted by Gasteiger charge is 2.08. The van der Waals surface area contributed by atoms with E-state index in [0.29, 0.717) is 86.4 Å². The van der Waals surface area contributed by atoms with Gasteiger partial charge in [0.25, 0.3) is 0 Å². The fourth-order valence-corrected chi connectivity index (χ4v) is 6.27. The van der Waals surface area contributed by atoms with Gasteiger partial charge in [-0.25, -0.2) is 14.4 Å². The number of methoxy groups -OCH3 is 3. The lowest BCUT2D eigenvalue weighted by molar-refractivity contribution is 0.0592. The molecule has 0 bridgehead atoms. The molecule has 8 aromatic rings. The first-order valence-corrected chi connectivity index (χ1v) is 29.2. The second kappa shape index (κ2) is 50.7. The predicted molar refractivity (Wildman–Crippen MR) is 379 cm³/mol. The number of rotatable bonds is 13. The zero-order valence-electron chi connectivity index (χ0n) is 55.3. The molecule has 508 valence electrons. The first kappa shape index (κ1) is 85.1. The summed E-state index contributed by atoms with van der Waals surface area (Å²) < 4.78 is 23.9. The van der Waals surface area contributed by atoms with Crippen molar-refractivity contribution in [3.63, 3.8) is 0 Å². The highest BCUT2D eigenvalue weighted by molar-refractivity contribution is 5.99. The topological polar surface area (TPSA) is 449 Å². The molecule has 0 heterocycles. The summed E-state index contributed by atoms with van der Waals surface area (Å²) in [6, 6.07) is 55.7. The Labute approximate surface area is 552 Å². The van der Waals surface area contributed by atoms with Crippen LogP contribution in [0.3, 0.4) is 0 Å². The summed E-state index contributed by atoms with van der Waals surface area (Å²) in [5.74, 6) is 0.628. The van der Waals surface area contributed by atoms with Crippen LogP contribution in [-0.4, -0.2) is 105 Å². The summed E-state index contributed by atoms with van der Waals surface area (Å²) in [6.45, 7) is 13.7. The number of carbonyl (C=O) groups is 6. The Morgan fingerprint density at radius 3 is 1.11 bits per heavy atom. The van der Waals surface area contributed by atoms with Crippen LogP contribution in [0.15, 0.2) is 194 Å². The second-order valence-corrected chi connectivity index (χ2v) is 19.3. The molecule has 0 radical (unpaired) electrons. The van der Waals surface area contributed by atoms with Gasteiger partial charge in [0.2, 0.25) is 0 Å². The standard InChI is InChI=1S/3C8H9NO2.3C8H9NO.2C8H11NO.C4H11NO.C3H9NO/c1-11-8(10)6-2-4-7(9)5-3-6;1-11-8(10)6-3-2-4-7(9)5-6;1-11-8(10)6-4-2-3-5-7(6)9;1-6(10)7-2-4-8(9)5-3-7;1-6(10)7-3-2-4-8(9)5-7;1-6(10)7-4-2-3-5-8(7)9;1-2-10-8-5-3-4-7(9)6-8;1-2-10-8-6-4-3-5-7(8)9;1-2-4(5)3-6;1-3(4)2-5/h3*2-5H,9H2,1H3;3*2-5H,9H2,1H3;2*3-6H,2,9H2,1H3;4,6H,2-3,5H2,1H3;3,5H,2,4H2,1H3. The minimum absolute atomic E-state index is 0.00926. The van der Waals surface area contributed by atoms with E-state index in [0.717, 1.165) is 23.6 Å². The maximum absolute atomic E-state index is 10.9. The number of benzene rings is 8. The Hall–Kier alpha value is -11.0. The number of aliphatic hydroxyl groups excluding tert-OH is 2. The lowest BCUT2D eigenvalue weighted by atomic mass is 10.1. The highest BCUT2D eigenvalue weighted by Crippen LogP contribution is 2.19. The quantitative estimate of drug-likeness (QED) is 0.0221. The summed E-state index contributed by atoms with van der Waals surface area (Å²) in [4.78, 5) is 64.9. The third-order valence-electron chi connectivity index (χ3n) is 11.4. The smallest absolute Gasteiger partial charge is 0.339 e. The molecule has 0 amide bonds. The molecular formula is C71H96N10O13. The number of hydrogen-bond donors (Lipinski definition) is 12. The van der Waals surface area contributed by atoms with Crippen molar-refractivity contribution in [2.24, 2.45) is 11.5 Å². The van der Waals surface area contributed by atoms with Gasteiger partial charge in [0, 0.05) is 74.7 Å². The van der Waals surface area contributed by atoms with Gasteiger partial charge in [-0.2, -0.15) is 0 Å². The van der Waals surface area contributed by atoms with Crippen molar-refractivity contribution in [2.45, 2.75) is 67.0 Å². The third-order valence-corrected chi connectivity index (χ3v) is 11.4. The second-order valence-electron chi connectivity index (χ2n) is 19.3. The minimum atomic E-state index is -0.400.